The number of rotatable bonds is 5. The summed E-state index contributed by atoms with van der Waals surface area (Å²) in [5.41, 5.74) is 2.19. The molecule has 0 rings (SSSR count). The maximum atomic E-state index is 10.9. The van der Waals surface area contributed by atoms with Crippen LogP contribution < -0.4 is 5.32 Å². The minimum Gasteiger partial charge on any atom is -0.465 e. The van der Waals surface area contributed by atoms with Crippen LogP contribution in [0.15, 0.2) is 11.8 Å². The summed E-state index contributed by atoms with van der Waals surface area (Å²) in [7, 11) is -1.54. The molecule has 5 heteroatoms. The van der Waals surface area contributed by atoms with Crippen molar-refractivity contribution in [1.82, 2.24) is 5.32 Å². The first kappa shape index (κ1) is 16.9. The van der Waals surface area contributed by atoms with Crippen molar-refractivity contribution in [2.75, 3.05) is 0 Å². The van der Waals surface area contributed by atoms with Gasteiger partial charge in [-0.1, -0.05) is 52.6 Å². The van der Waals surface area contributed by atoms with Gasteiger partial charge in [0.1, 0.15) is 6.29 Å². The maximum absolute atomic E-state index is 10.9. The summed E-state index contributed by atoms with van der Waals surface area (Å²) < 4.78 is 0. The molecule has 18 heavy (non-hydrogen) atoms. The normalized spacial score (nSPS) is 16.3. The van der Waals surface area contributed by atoms with Crippen molar-refractivity contribution in [2.24, 2.45) is 5.92 Å². The van der Waals surface area contributed by atoms with Crippen molar-refractivity contribution >= 4 is 20.5 Å². The van der Waals surface area contributed by atoms with E-state index in [0.29, 0.717) is 6.29 Å². The fourth-order valence-corrected chi connectivity index (χ4v) is 2.48. The molecule has 0 bridgehead atoms. The van der Waals surface area contributed by atoms with Gasteiger partial charge in [-0.05, 0) is 5.04 Å². The van der Waals surface area contributed by atoms with Crippen molar-refractivity contribution in [1.29, 1.82) is 0 Å². The van der Waals surface area contributed by atoms with Gasteiger partial charge in [0, 0.05) is 5.92 Å². The molecule has 1 amide bonds. The third-order valence-electron chi connectivity index (χ3n) is 3.75. The van der Waals surface area contributed by atoms with Crippen molar-refractivity contribution in [3.63, 3.8) is 0 Å². The second-order valence-electron chi connectivity index (χ2n) is 6.30. The molecule has 0 unspecified atom stereocenters. The third-order valence-corrected chi connectivity index (χ3v) is 8.64. The average Bonchev–Trinajstić information content (AvgIpc) is 2.20. The molecule has 0 aromatic heterocycles. The lowest BCUT2D eigenvalue weighted by Gasteiger charge is -2.34. The van der Waals surface area contributed by atoms with Gasteiger partial charge in [0.2, 0.25) is 0 Å². The van der Waals surface area contributed by atoms with Gasteiger partial charge in [0.15, 0.2) is 0 Å². The standard InChI is InChI=1S/C13H25NO3Si/c1-10(11(9-15)14-12(16)17)7-8-18(5,6)13(2,3)4/h7-11,14H,1-6H3,(H,16,17)/t10-,11+/m0/s1. The number of hydrogen-bond donors (Lipinski definition) is 2. The highest BCUT2D eigenvalue weighted by Crippen LogP contribution is 2.36. The van der Waals surface area contributed by atoms with Gasteiger partial charge in [-0.25, -0.2) is 4.79 Å². The van der Waals surface area contributed by atoms with E-state index in [-0.39, 0.29) is 11.0 Å². The molecule has 0 aromatic carbocycles. The smallest absolute Gasteiger partial charge is 0.405 e. The highest BCUT2D eigenvalue weighted by atomic mass is 28.3. The molecule has 0 fully saturated rings. The van der Waals surface area contributed by atoms with Gasteiger partial charge < -0.3 is 15.2 Å². The second kappa shape index (κ2) is 6.18. The molecule has 0 spiro atoms. The number of hydrogen-bond acceptors (Lipinski definition) is 2. The molecule has 104 valence electrons. The lowest BCUT2D eigenvalue weighted by molar-refractivity contribution is -0.110. The third kappa shape index (κ3) is 5.04. The first-order chi connectivity index (χ1) is 8.01. The van der Waals surface area contributed by atoms with Crippen LogP contribution in [0.2, 0.25) is 18.1 Å². The highest BCUT2D eigenvalue weighted by Gasteiger charge is 2.32. The number of carbonyl (C=O) groups is 2. The molecule has 0 aromatic rings. The molecular formula is C13H25NO3Si. The van der Waals surface area contributed by atoms with Gasteiger partial charge in [0.25, 0.3) is 0 Å². The predicted octanol–water partition coefficient (Wildman–Crippen LogP) is 3.06. The highest BCUT2D eigenvalue weighted by molar-refractivity contribution is 6.84. The Morgan fingerprint density at radius 3 is 2.17 bits per heavy atom. The summed E-state index contributed by atoms with van der Waals surface area (Å²) in [4.78, 5) is 21.4. The molecular weight excluding hydrogens is 246 g/mol. The average molecular weight is 271 g/mol. The van der Waals surface area contributed by atoms with Crippen LogP contribution in [0.25, 0.3) is 0 Å². The molecule has 0 aliphatic rings. The Morgan fingerprint density at radius 2 is 1.83 bits per heavy atom. The SMILES string of the molecule is C[C@@H](C=C[Si](C)(C)C(C)(C)C)[C@@H](C=O)NC(=O)O. The summed E-state index contributed by atoms with van der Waals surface area (Å²) >= 11 is 0. The van der Waals surface area contributed by atoms with Crippen LogP contribution >= 0.6 is 0 Å². The van der Waals surface area contributed by atoms with E-state index in [2.05, 4.69) is 44.9 Å². The van der Waals surface area contributed by atoms with Crippen LogP contribution in [0.1, 0.15) is 27.7 Å². The van der Waals surface area contributed by atoms with Gasteiger partial charge in [0.05, 0.1) is 14.1 Å². The zero-order valence-electron chi connectivity index (χ0n) is 12.2. The second-order valence-corrected chi connectivity index (χ2v) is 11.6. The van der Waals surface area contributed by atoms with E-state index in [9.17, 15) is 9.59 Å². The van der Waals surface area contributed by atoms with Crippen LogP contribution in [-0.2, 0) is 4.79 Å². The minimum absolute atomic E-state index is 0.132. The number of carboxylic acid groups (broad SMARTS) is 1. The Morgan fingerprint density at radius 1 is 1.33 bits per heavy atom. The molecule has 0 heterocycles. The van der Waals surface area contributed by atoms with E-state index in [0.717, 1.165) is 0 Å². The lowest BCUT2D eigenvalue weighted by Crippen LogP contribution is -2.40. The van der Waals surface area contributed by atoms with E-state index < -0.39 is 20.2 Å². The summed E-state index contributed by atoms with van der Waals surface area (Å²) in [6, 6.07) is -0.677. The number of nitrogens with one attached hydrogen (secondary N) is 1. The Labute approximate surface area is 110 Å². The molecule has 0 aliphatic carbocycles. The zero-order chi connectivity index (χ0) is 14.6. The Balaban J connectivity index is 4.77. The fourth-order valence-electron chi connectivity index (χ4n) is 1.19. The van der Waals surface area contributed by atoms with Crippen LogP contribution in [-0.4, -0.2) is 31.6 Å². The van der Waals surface area contributed by atoms with Crippen molar-refractivity contribution in [3.8, 4) is 0 Å². The van der Waals surface area contributed by atoms with Crippen LogP contribution in [0, 0.1) is 5.92 Å². The fraction of sp³-hybridized carbons (Fsp3) is 0.692. The van der Waals surface area contributed by atoms with E-state index in [1.807, 2.05) is 13.0 Å². The molecule has 0 aliphatic heterocycles. The topological polar surface area (TPSA) is 66.4 Å². The van der Waals surface area contributed by atoms with Gasteiger partial charge >= 0.3 is 6.09 Å². The minimum atomic E-state index is -1.54. The first-order valence-corrected chi connectivity index (χ1v) is 9.23. The van der Waals surface area contributed by atoms with Crippen molar-refractivity contribution < 1.29 is 14.7 Å². The van der Waals surface area contributed by atoms with Crippen LogP contribution in [0.3, 0.4) is 0 Å². The Hall–Kier alpha value is -1.10. The summed E-state index contributed by atoms with van der Waals surface area (Å²) in [6.45, 7) is 13.0. The van der Waals surface area contributed by atoms with Gasteiger partial charge in [-0.2, -0.15) is 0 Å². The number of aldehydes is 1. The van der Waals surface area contributed by atoms with Crippen LogP contribution in [0.4, 0.5) is 4.79 Å². The van der Waals surface area contributed by atoms with E-state index in [1.165, 1.54) is 0 Å². The van der Waals surface area contributed by atoms with E-state index >= 15 is 0 Å². The quantitative estimate of drug-likeness (QED) is 0.596. The summed E-state index contributed by atoms with van der Waals surface area (Å²) in [6.07, 6.45) is 1.45. The predicted molar refractivity (Wildman–Crippen MR) is 76.5 cm³/mol. The zero-order valence-corrected chi connectivity index (χ0v) is 13.2. The maximum Gasteiger partial charge on any atom is 0.405 e. The van der Waals surface area contributed by atoms with E-state index in [4.69, 9.17) is 5.11 Å². The van der Waals surface area contributed by atoms with Crippen LogP contribution in [0.5, 0.6) is 0 Å². The Bertz CT molecular complexity index is 332. The molecule has 0 saturated carbocycles. The summed E-state index contributed by atoms with van der Waals surface area (Å²) in [5.74, 6) is -0.132. The molecule has 0 saturated heterocycles. The molecule has 0 radical (unpaired) electrons. The number of carbonyl (C=O) groups excluding carboxylic acids is 1. The van der Waals surface area contributed by atoms with Gasteiger partial charge in [-0.3, -0.25) is 0 Å². The Kier molecular flexibility index (Phi) is 5.80. The van der Waals surface area contributed by atoms with Gasteiger partial charge in [-0.15, -0.1) is 0 Å². The molecule has 2 atom stereocenters. The molecule has 2 N–H and O–H groups in total. The summed E-state index contributed by atoms with van der Waals surface area (Å²) in [5, 5.41) is 11.1. The largest absolute Gasteiger partial charge is 0.465 e. The lowest BCUT2D eigenvalue weighted by atomic mass is 10.0. The molecule has 4 nitrogen and oxygen atoms in total. The first-order valence-electron chi connectivity index (χ1n) is 6.15. The van der Waals surface area contributed by atoms with E-state index in [1.54, 1.807) is 0 Å². The van der Waals surface area contributed by atoms with Crippen molar-refractivity contribution in [2.45, 2.75) is 51.9 Å². The monoisotopic (exact) mass is 271 g/mol. The number of amides is 1. The van der Waals surface area contributed by atoms with Crippen molar-refractivity contribution in [3.05, 3.63) is 11.8 Å².